The summed E-state index contributed by atoms with van der Waals surface area (Å²) >= 11 is 0. The van der Waals surface area contributed by atoms with Gasteiger partial charge in [-0.2, -0.15) is 0 Å². The molecule has 1 aromatic heterocycles. The van der Waals surface area contributed by atoms with E-state index in [2.05, 4.69) is 16.8 Å². The lowest BCUT2D eigenvalue weighted by atomic mass is 10.1. The van der Waals surface area contributed by atoms with Crippen LogP contribution in [-0.2, 0) is 11.3 Å². The number of carbonyl (C=O) groups is 2. The molecule has 0 saturated heterocycles. The van der Waals surface area contributed by atoms with Crippen molar-refractivity contribution in [2.45, 2.75) is 46.2 Å². The topological polar surface area (TPSA) is 54.3 Å². The average molecular weight is 291 g/mol. The van der Waals surface area contributed by atoms with Crippen LogP contribution in [0.1, 0.15) is 41.5 Å². The van der Waals surface area contributed by atoms with E-state index < -0.39 is 0 Å². The maximum atomic E-state index is 12.4. The Labute approximate surface area is 126 Å². The molecule has 0 unspecified atom stereocenters. The number of amides is 1. The second-order valence-electron chi connectivity index (χ2n) is 5.97. The predicted molar refractivity (Wildman–Crippen MR) is 82.6 cm³/mol. The Hall–Kier alpha value is -1.62. The summed E-state index contributed by atoms with van der Waals surface area (Å²) in [7, 11) is 1.81. The zero-order valence-corrected chi connectivity index (χ0v) is 13.4. The highest BCUT2D eigenvalue weighted by molar-refractivity contribution is 5.99. The summed E-state index contributed by atoms with van der Waals surface area (Å²) in [5.41, 5.74) is 2.88. The van der Waals surface area contributed by atoms with Crippen molar-refractivity contribution in [3.63, 3.8) is 0 Å². The second kappa shape index (κ2) is 6.43. The molecule has 2 rings (SSSR count). The Morgan fingerprint density at radius 2 is 2.00 bits per heavy atom. The number of Topliss-reactive ketones (excluding diaryl/α,β-unsaturated/α-hetero) is 1. The molecule has 0 aromatic carbocycles. The first-order chi connectivity index (χ1) is 9.92. The van der Waals surface area contributed by atoms with Crippen LogP contribution in [0.2, 0.25) is 0 Å². The fourth-order valence-corrected chi connectivity index (χ4v) is 2.70. The highest BCUT2D eigenvalue weighted by atomic mass is 16.2. The van der Waals surface area contributed by atoms with Gasteiger partial charge in [-0.3, -0.25) is 14.5 Å². The van der Waals surface area contributed by atoms with Crippen LogP contribution in [-0.4, -0.2) is 47.3 Å². The van der Waals surface area contributed by atoms with Gasteiger partial charge in [-0.05, 0) is 46.7 Å². The first kappa shape index (κ1) is 15.8. The van der Waals surface area contributed by atoms with Crippen LogP contribution in [0.15, 0.2) is 6.07 Å². The van der Waals surface area contributed by atoms with Crippen LogP contribution >= 0.6 is 0 Å². The van der Waals surface area contributed by atoms with Gasteiger partial charge in [-0.25, -0.2) is 0 Å². The van der Waals surface area contributed by atoms with Gasteiger partial charge in [-0.1, -0.05) is 0 Å². The van der Waals surface area contributed by atoms with Gasteiger partial charge in [0.2, 0.25) is 5.91 Å². The van der Waals surface area contributed by atoms with Crippen molar-refractivity contribution in [1.29, 1.82) is 0 Å². The largest absolute Gasteiger partial charge is 0.352 e. The van der Waals surface area contributed by atoms with Crippen molar-refractivity contribution in [3.8, 4) is 0 Å². The van der Waals surface area contributed by atoms with Gasteiger partial charge in [0.1, 0.15) is 0 Å². The summed E-state index contributed by atoms with van der Waals surface area (Å²) in [5.74, 6) is 0.0800. The van der Waals surface area contributed by atoms with Gasteiger partial charge in [0, 0.05) is 29.5 Å². The Bertz CT molecular complexity index is 544. The van der Waals surface area contributed by atoms with Crippen molar-refractivity contribution in [3.05, 3.63) is 23.0 Å². The summed E-state index contributed by atoms with van der Waals surface area (Å²) < 4.78 is 2.13. The molecule has 1 amide bonds. The molecular formula is C16H25N3O2. The van der Waals surface area contributed by atoms with Crippen LogP contribution in [0.3, 0.4) is 0 Å². The van der Waals surface area contributed by atoms with E-state index in [1.165, 1.54) is 0 Å². The standard InChI is InChI=1S/C16H25N3O2/c1-5-19-11(2)8-14(12(19)3)15(20)9-18(4)10-16(21)17-13-6-7-13/h8,13H,5-7,9-10H2,1-4H3,(H,17,21). The van der Waals surface area contributed by atoms with E-state index in [1.54, 1.807) is 4.90 Å². The maximum Gasteiger partial charge on any atom is 0.234 e. The summed E-state index contributed by atoms with van der Waals surface area (Å²) in [6, 6.07) is 2.31. The minimum Gasteiger partial charge on any atom is -0.352 e. The van der Waals surface area contributed by atoms with Gasteiger partial charge in [0.15, 0.2) is 5.78 Å². The number of hydrogen-bond acceptors (Lipinski definition) is 3. The number of nitrogens with one attached hydrogen (secondary N) is 1. The average Bonchev–Trinajstić information content (AvgIpc) is 3.14. The first-order valence-electron chi connectivity index (χ1n) is 7.60. The lowest BCUT2D eigenvalue weighted by Gasteiger charge is -2.15. The van der Waals surface area contributed by atoms with Crippen LogP contribution in [0.25, 0.3) is 0 Å². The molecule has 1 saturated carbocycles. The number of nitrogens with zero attached hydrogens (tertiary/aromatic N) is 2. The van der Waals surface area contributed by atoms with E-state index in [4.69, 9.17) is 0 Å². The molecule has 1 aliphatic rings. The van der Waals surface area contributed by atoms with Crippen molar-refractivity contribution < 1.29 is 9.59 Å². The third kappa shape index (κ3) is 3.94. The number of rotatable bonds is 7. The zero-order valence-electron chi connectivity index (χ0n) is 13.4. The van der Waals surface area contributed by atoms with Crippen molar-refractivity contribution in [2.24, 2.45) is 0 Å². The van der Waals surface area contributed by atoms with Gasteiger partial charge in [0.05, 0.1) is 13.1 Å². The molecule has 116 valence electrons. The number of likely N-dealkylation sites (N-methyl/N-ethyl adjacent to an activating group) is 1. The van der Waals surface area contributed by atoms with Crippen LogP contribution in [0, 0.1) is 13.8 Å². The zero-order chi connectivity index (χ0) is 15.6. The molecule has 1 N–H and O–H groups in total. The van der Waals surface area contributed by atoms with Crippen molar-refractivity contribution >= 4 is 11.7 Å². The van der Waals surface area contributed by atoms with Crippen molar-refractivity contribution in [2.75, 3.05) is 20.1 Å². The van der Waals surface area contributed by atoms with Crippen LogP contribution in [0.5, 0.6) is 0 Å². The smallest absolute Gasteiger partial charge is 0.234 e. The lowest BCUT2D eigenvalue weighted by molar-refractivity contribution is -0.121. The molecule has 5 heteroatoms. The molecule has 21 heavy (non-hydrogen) atoms. The third-order valence-electron chi connectivity index (χ3n) is 3.96. The Morgan fingerprint density at radius 3 is 2.52 bits per heavy atom. The lowest BCUT2D eigenvalue weighted by Crippen LogP contribution is -2.38. The minimum absolute atomic E-state index is 0.00632. The van der Waals surface area contributed by atoms with E-state index in [0.29, 0.717) is 6.04 Å². The summed E-state index contributed by atoms with van der Waals surface area (Å²) in [5, 5.41) is 2.94. The maximum absolute atomic E-state index is 12.4. The molecule has 1 fully saturated rings. The molecule has 1 aromatic rings. The van der Waals surface area contributed by atoms with E-state index in [1.807, 2.05) is 27.0 Å². The van der Waals surface area contributed by atoms with Crippen LogP contribution in [0.4, 0.5) is 0 Å². The SMILES string of the molecule is CCn1c(C)cc(C(=O)CN(C)CC(=O)NC2CC2)c1C. The fraction of sp³-hybridized carbons (Fsp3) is 0.625. The molecular weight excluding hydrogens is 266 g/mol. The number of aromatic nitrogens is 1. The quantitative estimate of drug-likeness (QED) is 0.775. The number of aryl methyl sites for hydroxylation is 1. The third-order valence-corrected chi connectivity index (χ3v) is 3.96. The monoisotopic (exact) mass is 291 g/mol. The normalized spacial score (nSPS) is 14.5. The second-order valence-corrected chi connectivity index (χ2v) is 5.97. The Balaban J connectivity index is 1.92. The molecule has 0 atom stereocenters. The van der Waals surface area contributed by atoms with Gasteiger partial charge in [-0.15, -0.1) is 0 Å². The highest BCUT2D eigenvalue weighted by Gasteiger charge is 2.24. The summed E-state index contributed by atoms with van der Waals surface area (Å²) in [6.45, 7) is 7.47. The predicted octanol–water partition coefficient (Wildman–Crippen LogP) is 1.52. The molecule has 1 aliphatic carbocycles. The molecule has 0 aliphatic heterocycles. The minimum atomic E-state index is 0.00632. The Morgan fingerprint density at radius 1 is 1.33 bits per heavy atom. The number of hydrogen-bond donors (Lipinski definition) is 1. The molecule has 1 heterocycles. The van der Waals surface area contributed by atoms with Gasteiger partial charge >= 0.3 is 0 Å². The van der Waals surface area contributed by atoms with E-state index in [0.717, 1.165) is 36.3 Å². The molecule has 0 bridgehead atoms. The molecule has 0 spiro atoms. The molecule has 0 radical (unpaired) electrons. The van der Waals surface area contributed by atoms with E-state index in [-0.39, 0.29) is 24.8 Å². The highest BCUT2D eigenvalue weighted by Crippen LogP contribution is 2.18. The Kier molecular flexibility index (Phi) is 4.83. The number of ketones is 1. The number of carbonyl (C=O) groups excluding carboxylic acids is 2. The first-order valence-corrected chi connectivity index (χ1v) is 7.60. The summed E-state index contributed by atoms with van der Waals surface area (Å²) in [6.07, 6.45) is 2.16. The summed E-state index contributed by atoms with van der Waals surface area (Å²) in [4.78, 5) is 25.9. The van der Waals surface area contributed by atoms with Gasteiger partial charge < -0.3 is 9.88 Å². The molecule has 5 nitrogen and oxygen atoms in total. The van der Waals surface area contributed by atoms with Crippen LogP contribution < -0.4 is 5.32 Å². The fourth-order valence-electron chi connectivity index (χ4n) is 2.70. The van der Waals surface area contributed by atoms with E-state index in [9.17, 15) is 9.59 Å². The van der Waals surface area contributed by atoms with E-state index >= 15 is 0 Å². The van der Waals surface area contributed by atoms with Gasteiger partial charge in [0.25, 0.3) is 0 Å². The van der Waals surface area contributed by atoms with Crippen molar-refractivity contribution in [1.82, 2.24) is 14.8 Å².